The molecule has 0 bridgehead atoms. The number of methoxy groups -OCH3 is 1. The van der Waals surface area contributed by atoms with Crippen molar-refractivity contribution >= 4 is 58.1 Å². The van der Waals surface area contributed by atoms with Crippen LogP contribution in [-0.4, -0.2) is 46.1 Å². The Bertz CT molecular complexity index is 1480. The van der Waals surface area contributed by atoms with Crippen LogP contribution >= 0.6 is 23.4 Å². The van der Waals surface area contributed by atoms with Crippen LogP contribution in [0.2, 0.25) is 5.02 Å². The number of aryl methyl sites for hydroxylation is 1. The number of imide groups is 1. The van der Waals surface area contributed by atoms with Gasteiger partial charge in [0, 0.05) is 17.1 Å². The topological polar surface area (TPSA) is 97.7 Å². The molecule has 1 fully saturated rings. The van der Waals surface area contributed by atoms with Crippen LogP contribution in [0, 0.1) is 20.8 Å². The van der Waals surface area contributed by atoms with Gasteiger partial charge in [-0.15, -0.1) is 0 Å². The molecule has 0 atom stereocenters. The Morgan fingerprint density at radius 3 is 2.51 bits per heavy atom. The van der Waals surface area contributed by atoms with E-state index < -0.39 is 29.6 Å². The number of para-hydroxylation sites is 1. The normalized spacial score (nSPS) is 14.4. The Morgan fingerprint density at radius 1 is 1.08 bits per heavy atom. The van der Waals surface area contributed by atoms with Gasteiger partial charge in [0.15, 0.2) is 0 Å². The van der Waals surface area contributed by atoms with Crippen LogP contribution in [0.1, 0.15) is 32.9 Å². The van der Waals surface area contributed by atoms with Gasteiger partial charge in [0.05, 0.1) is 28.3 Å². The van der Waals surface area contributed by atoms with Crippen LogP contribution in [-0.2, 0) is 14.3 Å². The largest absolute Gasteiger partial charge is 0.465 e. The van der Waals surface area contributed by atoms with Crippen LogP contribution in [0.3, 0.4) is 0 Å². The van der Waals surface area contributed by atoms with Crippen molar-refractivity contribution in [2.45, 2.75) is 20.8 Å². The molecule has 0 aliphatic carbocycles. The van der Waals surface area contributed by atoms with E-state index in [-0.39, 0.29) is 4.91 Å². The highest BCUT2D eigenvalue weighted by Gasteiger charge is 2.36. The summed E-state index contributed by atoms with van der Waals surface area (Å²) < 4.78 is 6.87. The Hall–Kier alpha value is -3.82. The summed E-state index contributed by atoms with van der Waals surface area (Å²) in [7, 11) is 1.34. The maximum atomic E-state index is 13.0. The highest BCUT2D eigenvalue weighted by molar-refractivity contribution is 8.18. The van der Waals surface area contributed by atoms with E-state index in [4.69, 9.17) is 16.3 Å². The zero-order valence-corrected chi connectivity index (χ0v) is 22.2. The minimum Gasteiger partial charge on any atom is -0.465 e. The maximum Gasteiger partial charge on any atom is 0.338 e. The van der Waals surface area contributed by atoms with Gasteiger partial charge in [-0.25, -0.2) is 4.79 Å². The van der Waals surface area contributed by atoms with Crippen molar-refractivity contribution in [2.24, 2.45) is 0 Å². The molecule has 0 radical (unpaired) electrons. The lowest BCUT2D eigenvalue weighted by atomic mass is 10.1. The second kappa shape index (κ2) is 10.7. The molecule has 2 aromatic carbocycles. The van der Waals surface area contributed by atoms with Crippen LogP contribution in [0.4, 0.5) is 10.5 Å². The quantitative estimate of drug-likeness (QED) is 0.328. The molecule has 4 rings (SSSR count). The molecule has 1 N–H and O–H groups in total. The first kappa shape index (κ1) is 26.2. The van der Waals surface area contributed by atoms with E-state index in [1.807, 2.05) is 37.5 Å². The first-order valence-electron chi connectivity index (χ1n) is 11.3. The summed E-state index contributed by atoms with van der Waals surface area (Å²) in [4.78, 5) is 51.3. The maximum absolute atomic E-state index is 13.0. The van der Waals surface area contributed by atoms with Crippen molar-refractivity contribution in [1.29, 1.82) is 0 Å². The highest BCUT2D eigenvalue weighted by atomic mass is 35.5. The fourth-order valence-electron chi connectivity index (χ4n) is 4.17. The monoisotopic (exact) mass is 537 g/mol. The third kappa shape index (κ3) is 5.19. The number of hydrogen-bond donors (Lipinski definition) is 1. The average Bonchev–Trinajstić information content (AvgIpc) is 3.29. The number of ether oxygens (including phenoxy) is 1. The van der Waals surface area contributed by atoms with Gasteiger partial charge in [0.25, 0.3) is 11.1 Å². The Labute approximate surface area is 223 Å². The molecule has 1 aliphatic heterocycles. The van der Waals surface area contributed by atoms with Gasteiger partial charge < -0.3 is 14.6 Å². The third-order valence-corrected chi connectivity index (χ3v) is 7.27. The molecular weight excluding hydrogens is 514 g/mol. The molecule has 0 unspecified atom stereocenters. The van der Waals surface area contributed by atoms with Crippen LogP contribution in [0.25, 0.3) is 11.8 Å². The van der Waals surface area contributed by atoms with E-state index in [1.165, 1.54) is 7.11 Å². The number of nitrogens with zero attached hydrogens (tertiary/aromatic N) is 2. The minimum absolute atomic E-state index is 0.218. The number of nitrogens with one attached hydrogen (secondary N) is 1. The number of thioether (sulfide) groups is 1. The number of halogens is 1. The summed E-state index contributed by atoms with van der Waals surface area (Å²) in [5, 5.41) is 2.45. The van der Waals surface area contributed by atoms with Crippen molar-refractivity contribution < 1.29 is 23.9 Å². The first-order valence-corrected chi connectivity index (χ1v) is 12.5. The molecule has 10 heteroatoms. The predicted octanol–water partition coefficient (Wildman–Crippen LogP) is 5.52. The Kier molecular flexibility index (Phi) is 7.56. The molecule has 8 nitrogen and oxygen atoms in total. The zero-order chi connectivity index (χ0) is 26.9. The molecule has 3 aromatic rings. The lowest BCUT2D eigenvalue weighted by Gasteiger charge is -2.15. The van der Waals surface area contributed by atoms with Crippen molar-refractivity contribution in [2.75, 3.05) is 19.0 Å². The van der Waals surface area contributed by atoms with Crippen molar-refractivity contribution in [1.82, 2.24) is 9.47 Å². The molecule has 190 valence electrons. The molecule has 1 saturated heterocycles. The molecule has 0 saturated carbocycles. The molecule has 37 heavy (non-hydrogen) atoms. The summed E-state index contributed by atoms with van der Waals surface area (Å²) in [6, 6.07) is 14.0. The number of hydrogen-bond acceptors (Lipinski definition) is 6. The molecule has 1 aromatic heterocycles. The van der Waals surface area contributed by atoms with Crippen LogP contribution in [0.15, 0.2) is 53.4 Å². The van der Waals surface area contributed by atoms with Crippen LogP contribution < -0.4 is 5.32 Å². The molecule has 1 aliphatic rings. The summed E-state index contributed by atoms with van der Waals surface area (Å²) in [6.07, 6.45) is 1.65. The average molecular weight is 538 g/mol. The fourth-order valence-corrected chi connectivity index (χ4v) is 5.19. The van der Waals surface area contributed by atoms with E-state index in [0.717, 1.165) is 44.9 Å². The molecule has 2 heterocycles. The second-order valence-corrected chi connectivity index (χ2v) is 9.80. The summed E-state index contributed by atoms with van der Waals surface area (Å²) in [5.41, 5.74) is 4.87. The molecule has 3 amide bonds. The Morgan fingerprint density at radius 2 is 1.81 bits per heavy atom. The smallest absolute Gasteiger partial charge is 0.338 e. The van der Waals surface area contributed by atoms with Gasteiger partial charge in [-0.2, -0.15) is 0 Å². The van der Waals surface area contributed by atoms with Gasteiger partial charge >= 0.3 is 5.97 Å². The van der Waals surface area contributed by atoms with E-state index in [2.05, 4.69) is 5.32 Å². The first-order chi connectivity index (χ1) is 17.6. The number of amides is 3. The lowest BCUT2D eigenvalue weighted by Crippen LogP contribution is -2.36. The second-order valence-electron chi connectivity index (χ2n) is 8.40. The number of benzene rings is 2. The van der Waals surface area contributed by atoms with Crippen molar-refractivity contribution in [3.63, 3.8) is 0 Å². The van der Waals surface area contributed by atoms with E-state index in [9.17, 15) is 19.2 Å². The van der Waals surface area contributed by atoms with Gasteiger partial charge in [-0.3, -0.25) is 19.3 Å². The van der Waals surface area contributed by atoms with Crippen molar-refractivity contribution in [3.8, 4) is 5.69 Å². The van der Waals surface area contributed by atoms with E-state index in [0.29, 0.717) is 16.3 Å². The van der Waals surface area contributed by atoms with Crippen LogP contribution in [0.5, 0.6) is 0 Å². The summed E-state index contributed by atoms with van der Waals surface area (Å²) in [5.74, 6) is -1.50. The number of esters is 1. The summed E-state index contributed by atoms with van der Waals surface area (Å²) in [6.45, 7) is 5.23. The van der Waals surface area contributed by atoms with Crippen molar-refractivity contribution in [3.05, 3.63) is 86.5 Å². The number of rotatable bonds is 6. The molecular formula is C27H24ClN3O5S. The summed E-state index contributed by atoms with van der Waals surface area (Å²) >= 11 is 6.85. The van der Waals surface area contributed by atoms with E-state index >= 15 is 0 Å². The SMILES string of the molecule is COC(=O)c1cccc(-n2c(C)cc(/C=C3/SC(=O)N(CC(=O)Nc4ccccc4Cl)C3=O)c2C)c1C. The van der Waals surface area contributed by atoms with E-state index in [1.54, 1.807) is 42.5 Å². The number of carbonyl (C=O) groups is 4. The number of carbonyl (C=O) groups excluding carboxylic acids is 4. The standard InChI is InChI=1S/C27H24ClN3O5S/c1-15-12-18(17(3)31(15)22-11-7-8-19(16(22)2)26(34)36-4)13-23-25(33)30(27(35)37-23)14-24(32)29-21-10-6-5-9-20(21)28/h5-13H,14H2,1-4H3,(H,29,32)/b23-13+. The number of anilines is 1. The van der Waals surface area contributed by atoms with Gasteiger partial charge in [0.2, 0.25) is 5.91 Å². The van der Waals surface area contributed by atoms with Gasteiger partial charge in [-0.05, 0) is 80.1 Å². The Balaban J connectivity index is 1.58. The molecule has 0 spiro atoms. The van der Waals surface area contributed by atoms with Gasteiger partial charge in [-0.1, -0.05) is 29.8 Å². The zero-order valence-electron chi connectivity index (χ0n) is 20.6. The third-order valence-electron chi connectivity index (χ3n) is 6.03. The lowest BCUT2D eigenvalue weighted by molar-refractivity contribution is -0.127. The highest BCUT2D eigenvalue weighted by Crippen LogP contribution is 2.34. The number of aromatic nitrogens is 1. The fraction of sp³-hybridized carbons (Fsp3) is 0.185. The van der Waals surface area contributed by atoms with Gasteiger partial charge in [0.1, 0.15) is 6.54 Å². The minimum atomic E-state index is -0.544. The predicted molar refractivity (Wildman–Crippen MR) is 144 cm³/mol.